The summed E-state index contributed by atoms with van der Waals surface area (Å²) in [6.45, 7) is 7.49. The van der Waals surface area contributed by atoms with Gasteiger partial charge in [-0.15, -0.1) is 0 Å². The Balaban J connectivity index is 1.73. The number of nitrogens with one attached hydrogen (secondary N) is 1. The fraction of sp³-hybridized carbons (Fsp3) is 0.318. The summed E-state index contributed by atoms with van der Waals surface area (Å²) in [5, 5.41) is 0.932. The number of rotatable bonds is 1. The highest BCUT2D eigenvalue weighted by Gasteiger charge is 2.40. The molecule has 0 atom stereocenters. The van der Waals surface area contributed by atoms with E-state index in [9.17, 15) is 4.79 Å². The Morgan fingerprint density at radius 1 is 1.18 bits per heavy atom. The van der Waals surface area contributed by atoms with Crippen molar-refractivity contribution in [3.05, 3.63) is 57.2 Å². The van der Waals surface area contributed by atoms with Crippen LogP contribution < -0.4 is 10.6 Å². The Labute approximate surface area is 172 Å². The maximum Gasteiger partial charge on any atom is 0.195 e. The second kappa shape index (κ2) is 6.09. The molecule has 2 aromatic carbocycles. The van der Waals surface area contributed by atoms with Crippen molar-refractivity contribution < 1.29 is 9.53 Å². The summed E-state index contributed by atoms with van der Waals surface area (Å²) in [5.74, 6) is 0.0644. The molecule has 0 amide bonds. The number of aromatic nitrogens is 1. The van der Waals surface area contributed by atoms with E-state index in [2.05, 4.69) is 45.7 Å². The SMILES string of the molecule is CC1(C)c2cc(N3CCOCC3)c(Br)cc2C(=O)c2c1[nH]c1cc(N)ccc21. The third kappa shape index (κ3) is 2.44. The molecule has 0 unspecified atom stereocenters. The van der Waals surface area contributed by atoms with Crippen LogP contribution in [-0.2, 0) is 10.2 Å². The van der Waals surface area contributed by atoms with Crippen LogP contribution in [-0.4, -0.2) is 37.1 Å². The Bertz CT molecular complexity index is 1130. The molecular weight excluding hydrogens is 418 g/mol. The molecule has 1 fully saturated rings. The standard InChI is InChI=1S/C22H22BrN3O2/c1-22(2)15-11-18(26-5-7-28-8-6-26)16(23)10-14(15)20(27)19-13-4-3-12(24)9-17(13)25-21(19)22/h3-4,9-11,25H,5-8,24H2,1-2H3. The van der Waals surface area contributed by atoms with Crippen molar-refractivity contribution in [1.82, 2.24) is 4.98 Å². The van der Waals surface area contributed by atoms with Crippen LogP contribution in [0.2, 0.25) is 0 Å². The molecule has 1 aliphatic heterocycles. The number of ether oxygens (including phenoxy) is 1. The highest BCUT2D eigenvalue weighted by molar-refractivity contribution is 9.10. The van der Waals surface area contributed by atoms with E-state index in [0.717, 1.165) is 69.8 Å². The van der Waals surface area contributed by atoms with Gasteiger partial charge in [0, 0.05) is 50.8 Å². The van der Waals surface area contributed by atoms with Gasteiger partial charge < -0.3 is 20.4 Å². The van der Waals surface area contributed by atoms with E-state index in [-0.39, 0.29) is 11.2 Å². The van der Waals surface area contributed by atoms with Crippen LogP contribution in [0.3, 0.4) is 0 Å². The largest absolute Gasteiger partial charge is 0.399 e. The van der Waals surface area contributed by atoms with Gasteiger partial charge in [0.25, 0.3) is 0 Å². The average molecular weight is 440 g/mol. The smallest absolute Gasteiger partial charge is 0.195 e. The van der Waals surface area contributed by atoms with E-state index in [4.69, 9.17) is 10.5 Å². The van der Waals surface area contributed by atoms with E-state index >= 15 is 0 Å². The number of hydrogen-bond donors (Lipinski definition) is 2. The van der Waals surface area contributed by atoms with Crippen molar-refractivity contribution in [1.29, 1.82) is 0 Å². The first kappa shape index (κ1) is 17.8. The second-order valence-electron chi connectivity index (χ2n) is 8.08. The van der Waals surface area contributed by atoms with Crippen LogP contribution in [0.5, 0.6) is 0 Å². The van der Waals surface area contributed by atoms with Gasteiger partial charge in [0.15, 0.2) is 5.78 Å². The number of halogens is 1. The van der Waals surface area contributed by atoms with Crippen molar-refractivity contribution >= 4 is 44.0 Å². The Morgan fingerprint density at radius 3 is 2.68 bits per heavy atom. The fourth-order valence-corrected chi connectivity index (χ4v) is 5.10. The number of nitrogens with two attached hydrogens (primary N) is 1. The van der Waals surface area contributed by atoms with Gasteiger partial charge in [-0.25, -0.2) is 0 Å². The molecular formula is C22H22BrN3O2. The molecule has 1 aromatic heterocycles. The zero-order chi connectivity index (χ0) is 19.6. The summed E-state index contributed by atoms with van der Waals surface area (Å²) in [6.07, 6.45) is 0. The molecule has 1 saturated heterocycles. The van der Waals surface area contributed by atoms with Crippen molar-refractivity contribution in [3.8, 4) is 0 Å². The van der Waals surface area contributed by atoms with Crippen molar-refractivity contribution in [3.63, 3.8) is 0 Å². The highest BCUT2D eigenvalue weighted by Crippen LogP contribution is 2.46. The normalized spacial score (nSPS) is 18.2. The van der Waals surface area contributed by atoms with Gasteiger partial charge in [0.2, 0.25) is 0 Å². The molecule has 28 heavy (non-hydrogen) atoms. The fourth-order valence-electron chi connectivity index (χ4n) is 4.50. The van der Waals surface area contributed by atoms with Gasteiger partial charge in [0.05, 0.1) is 24.5 Å². The predicted octanol–water partition coefficient (Wildman–Crippen LogP) is 4.22. The number of nitrogen functional groups attached to an aromatic ring is 1. The van der Waals surface area contributed by atoms with Crippen LogP contribution in [0.1, 0.15) is 41.0 Å². The van der Waals surface area contributed by atoms with E-state index in [1.54, 1.807) is 0 Å². The minimum absolute atomic E-state index is 0.0644. The molecule has 0 radical (unpaired) electrons. The molecule has 3 N–H and O–H groups in total. The van der Waals surface area contributed by atoms with Crippen LogP contribution in [0.4, 0.5) is 11.4 Å². The third-order valence-electron chi connectivity index (χ3n) is 6.03. The molecule has 0 saturated carbocycles. The zero-order valence-electron chi connectivity index (χ0n) is 15.9. The van der Waals surface area contributed by atoms with Gasteiger partial charge in [0.1, 0.15) is 0 Å². The number of H-pyrrole nitrogens is 1. The summed E-state index contributed by atoms with van der Waals surface area (Å²) in [6, 6.07) is 9.85. The Hall–Kier alpha value is -2.31. The number of hydrogen-bond acceptors (Lipinski definition) is 4. The zero-order valence-corrected chi connectivity index (χ0v) is 17.5. The van der Waals surface area contributed by atoms with Gasteiger partial charge in [-0.2, -0.15) is 0 Å². The van der Waals surface area contributed by atoms with Crippen LogP contribution >= 0.6 is 15.9 Å². The number of benzene rings is 2. The van der Waals surface area contributed by atoms with Gasteiger partial charge in [-0.1, -0.05) is 19.9 Å². The number of anilines is 2. The molecule has 5 nitrogen and oxygen atoms in total. The van der Waals surface area contributed by atoms with Crippen molar-refractivity contribution in [2.45, 2.75) is 19.3 Å². The number of nitrogens with zero attached hydrogens (tertiary/aromatic N) is 1. The molecule has 2 aliphatic rings. The van der Waals surface area contributed by atoms with Gasteiger partial charge in [-0.3, -0.25) is 4.79 Å². The number of carbonyl (C=O) groups excluding carboxylic acids is 1. The first-order valence-corrected chi connectivity index (χ1v) is 10.3. The number of aromatic amines is 1. The lowest BCUT2D eigenvalue weighted by molar-refractivity contribution is 0.103. The predicted molar refractivity (Wildman–Crippen MR) is 115 cm³/mol. The number of morpholine rings is 1. The Kier molecular flexibility index (Phi) is 3.87. The molecule has 6 heteroatoms. The summed E-state index contributed by atoms with van der Waals surface area (Å²) in [5.41, 5.74) is 11.9. The molecule has 5 rings (SSSR count). The molecule has 0 spiro atoms. The molecule has 144 valence electrons. The number of ketones is 1. The first-order chi connectivity index (χ1) is 13.4. The molecule has 3 aromatic rings. The van der Waals surface area contributed by atoms with E-state index < -0.39 is 0 Å². The van der Waals surface area contributed by atoms with Crippen LogP contribution in [0.25, 0.3) is 10.9 Å². The van der Waals surface area contributed by atoms with Crippen LogP contribution in [0, 0.1) is 0 Å². The lowest BCUT2D eigenvalue weighted by Gasteiger charge is -2.35. The molecule has 0 bridgehead atoms. The number of carbonyl (C=O) groups is 1. The monoisotopic (exact) mass is 439 g/mol. The van der Waals surface area contributed by atoms with Crippen molar-refractivity contribution in [2.24, 2.45) is 0 Å². The second-order valence-corrected chi connectivity index (χ2v) is 8.94. The lowest BCUT2D eigenvalue weighted by atomic mass is 9.71. The molecule has 2 heterocycles. The van der Waals surface area contributed by atoms with Crippen molar-refractivity contribution in [2.75, 3.05) is 36.9 Å². The minimum atomic E-state index is -0.325. The van der Waals surface area contributed by atoms with E-state index in [1.807, 2.05) is 24.3 Å². The summed E-state index contributed by atoms with van der Waals surface area (Å²) >= 11 is 3.71. The minimum Gasteiger partial charge on any atom is -0.399 e. The molecule has 1 aliphatic carbocycles. The van der Waals surface area contributed by atoms with Crippen LogP contribution in [0.15, 0.2) is 34.8 Å². The van der Waals surface area contributed by atoms with Gasteiger partial charge >= 0.3 is 0 Å². The summed E-state index contributed by atoms with van der Waals surface area (Å²) < 4.78 is 6.44. The summed E-state index contributed by atoms with van der Waals surface area (Å²) in [4.78, 5) is 19.3. The maximum atomic E-state index is 13.5. The summed E-state index contributed by atoms with van der Waals surface area (Å²) in [7, 11) is 0. The van der Waals surface area contributed by atoms with E-state index in [1.165, 1.54) is 0 Å². The maximum absolute atomic E-state index is 13.5. The lowest BCUT2D eigenvalue weighted by Crippen LogP contribution is -2.37. The number of fused-ring (bicyclic) bond motifs is 4. The highest BCUT2D eigenvalue weighted by atomic mass is 79.9. The first-order valence-electron chi connectivity index (χ1n) is 9.51. The Morgan fingerprint density at radius 2 is 1.93 bits per heavy atom. The topological polar surface area (TPSA) is 71.3 Å². The average Bonchev–Trinajstić information content (AvgIpc) is 3.06. The third-order valence-corrected chi connectivity index (χ3v) is 6.67. The quantitative estimate of drug-likeness (QED) is 0.556. The van der Waals surface area contributed by atoms with Gasteiger partial charge in [-0.05, 0) is 45.8 Å². The van der Waals surface area contributed by atoms with E-state index in [0.29, 0.717) is 5.69 Å².